The second kappa shape index (κ2) is 5.54. The maximum atomic E-state index is 12.7. The molecule has 1 aromatic carbocycles. The van der Waals surface area contributed by atoms with Crippen LogP contribution in [0.5, 0.6) is 0 Å². The number of nitrogens with zero attached hydrogens (tertiary/aromatic N) is 1. The predicted octanol–water partition coefficient (Wildman–Crippen LogP) is 2.26. The number of hydrogen-bond acceptors (Lipinski definition) is 3. The Morgan fingerprint density at radius 2 is 2.05 bits per heavy atom. The van der Waals surface area contributed by atoms with E-state index in [2.05, 4.69) is 0 Å². The van der Waals surface area contributed by atoms with Crippen LogP contribution in [0.25, 0.3) is 0 Å². The molecule has 1 aliphatic rings. The first kappa shape index (κ1) is 15.0. The van der Waals surface area contributed by atoms with Crippen molar-refractivity contribution in [2.24, 2.45) is 0 Å². The second-order valence-corrected chi connectivity index (χ2v) is 7.05. The molecule has 1 atom stereocenters. The summed E-state index contributed by atoms with van der Waals surface area (Å²) in [5, 5.41) is 9.11. The SMILES string of the molecule is Cc1c(C(=O)O)cccc1S(=O)(=O)N1CCCCC1C. The van der Waals surface area contributed by atoms with Gasteiger partial charge in [0.15, 0.2) is 0 Å². The maximum absolute atomic E-state index is 12.7. The van der Waals surface area contributed by atoms with E-state index in [1.165, 1.54) is 22.5 Å². The number of carboxylic acids is 1. The number of aromatic carboxylic acids is 1. The molecule has 5 nitrogen and oxygen atoms in total. The lowest BCUT2D eigenvalue weighted by Crippen LogP contribution is -2.42. The molecule has 1 aromatic rings. The van der Waals surface area contributed by atoms with Gasteiger partial charge < -0.3 is 5.11 Å². The fourth-order valence-corrected chi connectivity index (χ4v) is 4.63. The Morgan fingerprint density at radius 3 is 2.65 bits per heavy atom. The molecule has 0 radical (unpaired) electrons. The normalized spacial score (nSPS) is 20.8. The molecule has 0 saturated carbocycles. The van der Waals surface area contributed by atoms with Gasteiger partial charge in [-0.2, -0.15) is 4.31 Å². The van der Waals surface area contributed by atoms with Gasteiger partial charge in [-0.05, 0) is 44.4 Å². The second-order valence-electron chi connectivity index (χ2n) is 5.19. The number of carboxylic acid groups (broad SMARTS) is 1. The van der Waals surface area contributed by atoms with Crippen LogP contribution in [0.2, 0.25) is 0 Å². The molecule has 2 rings (SSSR count). The van der Waals surface area contributed by atoms with Crippen molar-refractivity contribution in [3.05, 3.63) is 29.3 Å². The van der Waals surface area contributed by atoms with Gasteiger partial charge in [0.05, 0.1) is 10.5 Å². The molecule has 20 heavy (non-hydrogen) atoms. The summed E-state index contributed by atoms with van der Waals surface area (Å²) >= 11 is 0. The molecule has 0 amide bonds. The average Bonchev–Trinajstić information content (AvgIpc) is 2.38. The van der Waals surface area contributed by atoms with Crippen molar-refractivity contribution in [2.75, 3.05) is 6.54 Å². The van der Waals surface area contributed by atoms with Gasteiger partial charge in [0.25, 0.3) is 0 Å². The van der Waals surface area contributed by atoms with E-state index in [9.17, 15) is 13.2 Å². The van der Waals surface area contributed by atoms with Crippen LogP contribution in [-0.2, 0) is 10.0 Å². The first-order valence-corrected chi connectivity index (χ1v) is 8.14. The van der Waals surface area contributed by atoms with E-state index in [4.69, 9.17) is 5.11 Å². The minimum absolute atomic E-state index is 0.0377. The lowest BCUT2D eigenvalue weighted by Gasteiger charge is -2.32. The highest BCUT2D eigenvalue weighted by molar-refractivity contribution is 7.89. The zero-order chi connectivity index (χ0) is 14.9. The Balaban J connectivity index is 2.49. The fraction of sp³-hybridized carbons (Fsp3) is 0.500. The largest absolute Gasteiger partial charge is 0.478 e. The van der Waals surface area contributed by atoms with Gasteiger partial charge in [0.2, 0.25) is 10.0 Å². The van der Waals surface area contributed by atoms with Crippen LogP contribution in [0.1, 0.15) is 42.1 Å². The monoisotopic (exact) mass is 297 g/mol. The topological polar surface area (TPSA) is 74.7 Å². The quantitative estimate of drug-likeness (QED) is 0.928. The lowest BCUT2D eigenvalue weighted by atomic mass is 10.1. The van der Waals surface area contributed by atoms with Gasteiger partial charge >= 0.3 is 5.97 Å². The summed E-state index contributed by atoms with van der Waals surface area (Å²) < 4.78 is 26.9. The maximum Gasteiger partial charge on any atom is 0.335 e. The summed E-state index contributed by atoms with van der Waals surface area (Å²) in [6.45, 7) is 3.94. The highest BCUT2D eigenvalue weighted by Crippen LogP contribution is 2.28. The molecule has 1 N–H and O–H groups in total. The van der Waals surface area contributed by atoms with Gasteiger partial charge in [-0.15, -0.1) is 0 Å². The van der Waals surface area contributed by atoms with Crippen LogP contribution in [0, 0.1) is 6.92 Å². The number of piperidine rings is 1. The van der Waals surface area contributed by atoms with E-state index in [1.807, 2.05) is 6.92 Å². The smallest absolute Gasteiger partial charge is 0.335 e. The lowest BCUT2D eigenvalue weighted by molar-refractivity contribution is 0.0696. The molecule has 0 spiro atoms. The van der Waals surface area contributed by atoms with Crippen molar-refractivity contribution in [3.8, 4) is 0 Å². The zero-order valence-electron chi connectivity index (χ0n) is 11.7. The summed E-state index contributed by atoms with van der Waals surface area (Å²) in [7, 11) is -3.63. The van der Waals surface area contributed by atoms with Gasteiger partial charge in [-0.25, -0.2) is 13.2 Å². The van der Waals surface area contributed by atoms with Gasteiger partial charge in [-0.1, -0.05) is 12.5 Å². The Morgan fingerprint density at radius 1 is 1.35 bits per heavy atom. The Bertz CT molecular complexity index is 624. The molecule has 6 heteroatoms. The van der Waals surface area contributed by atoms with Crippen molar-refractivity contribution >= 4 is 16.0 Å². The number of hydrogen-bond donors (Lipinski definition) is 1. The molecule has 1 aliphatic heterocycles. The van der Waals surface area contributed by atoms with Crippen molar-refractivity contribution in [1.29, 1.82) is 0 Å². The van der Waals surface area contributed by atoms with E-state index >= 15 is 0 Å². The van der Waals surface area contributed by atoms with Crippen molar-refractivity contribution in [1.82, 2.24) is 4.31 Å². The molecule has 110 valence electrons. The Labute approximate surface area is 119 Å². The highest BCUT2D eigenvalue weighted by Gasteiger charge is 2.32. The van der Waals surface area contributed by atoms with E-state index in [1.54, 1.807) is 6.92 Å². The molecule has 1 unspecified atom stereocenters. The minimum Gasteiger partial charge on any atom is -0.478 e. The molecule has 1 saturated heterocycles. The summed E-state index contributed by atoms with van der Waals surface area (Å²) in [5.74, 6) is -1.11. The number of sulfonamides is 1. The summed E-state index contributed by atoms with van der Waals surface area (Å²) in [6, 6.07) is 4.36. The average molecular weight is 297 g/mol. The third-order valence-corrected chi connectivity index (χ3v) is 6.00. The fourth-order valence-electron chi connectivity index (χ4n) is 2.68. The molecule has 0 bridgehead atoms. The van der Waals surface area contributed by atoms with Crippen LogP contribution in [-0.4, -0.2) is 36.4 Å². The number of rotatable bonds is 3. The highest BCUT2D eigenvalue weighted by atomic mass is 32.2. The van der Waals surface area contributed by atoms with Crippen LogP contribution < -0.4 is 0 Å². The van der Waals surface area contributed by atoms with Crippen molar-refractivity contribution in [2.45, 2.75) is 44.0 Å². The van der Waals surface area contributed by atoms with E-state index in [0.717, 1.165) is 19.3 Å². The molecule has 0 aromatic heterocycles. The molecule has 0 aliphatic carbocycles. The number of benzene rings is 1. The van der Waals surface area contributed by atoms with E-state index < -0.39 is 16.0 Å². The molecular formula is C14H19NO4S. The summed E-state index contributed by atoms with van der Waals surface area (Å²) in [5.41, 5.74) is 0.341. The van der Waals surface area contributed by atoms with Gasteiger partial charge in [0.1, 0.15) is 0 Å². The van der Waals surface area contributed by atoms with Crippen LogP contribution in [0.15, 0.2) is 23.1 Å². The molecular weight excluding hydrogens is 278 g/mol. The van der Waals surface area contributed by atoms with Gasteiger partial charge in [-0.3, -0.25) is 0 Å². The van der Waals surface area contributed by atoms with Crippen LogP contribution >= 0.6 is 0 Å². The number of carbonyl (C=O) groups is 1. The Kier molecular flexibility index (Phi) is 4.15. The van der Waals surface area contributed by atoms with Crippen molar-refractivity contribution < 1.29 is 18.3 Å². The van der Waals surface area contributed by atoms with Crippen LogP contribution in [0.4, 0.5) is 0 Å². The first-order valence-electron chi connectivity index (χ1n) is 6.70. The van der Waals surface area contributed by atoms with E-state index in [-0.39, 0.29) is 16.5 Å². The van der Waals surface area contributed by atoms with Crippen molar-refractivity contribution in [3.63, 3.8) is 0 Å². The zero-order valence-corrected chi connectivity index (χ0v) is 12.5. The minimum atomic E-state index is -3.63. The van der Waals surface area contributed by atoms with Crippen LogP contribution in [0.3, 0.4) is 0 Å². The predicted molar refractivity (Wildman–Crippen MR) is 75.3 cm³/mol. The third kappa shape index (κ3) is 2.58. The molecule has 1 heterocycles. The van der Waals surface area contributed by atoms with Gasteiger partial charge in [0, 0.05) is 12.6 Å². The molecule has 1 fully saturated rings. The standard InChI is InChI=1S/C14H19NO4S/c1-10-6-3-4-9-15(10)20(18,19)13-8-5-7-12(11(13)2)14(16)17/h5,7-8,10H,3-4,6,9H2,1-2H3,(H,16,17). The Hall–Kier alpha value is -1.40. The van der Waals surface area contributed by atoms with E-state index in [0.29, 0.717) is 12.1 Å². The summed E-state index contributed by atoms with van der Waals surface area (Å²) in [4.78, 5) is 11.2. The first-order chi connectivity index (χ1) is 9.35. The summed E-state index contributed by atoms with van der Waals surface area (Å²) in [6.07, 6.45) is 2.72. The third-order valence-electron chi connectivity index (χ3n) is 3.84.